The molecule has 0 saturated heterocycles. The van der Waals surface area contributed by atoms with Crippen molar-refractivity contribution in [3.05, 3.63) is 39.9 Å². The minimum atomic E-state index is 0.101. The smallest absolute Gasteiger partial charge is 0.155 e. The number of aryl methyl sites for hydroxylation is 1. The number of nitrogens with one attached hydrogen (secondary N) is 1. The molecule has 0 atom stereocenters. The average molecular weight is 261 g/mol. The molecule has 100 valence electrons. The number of aromatic amines is 1. The Labute approximate surface area is 110 Å². The van der Waals surface area contributed by atoms with Gasteiger partial charge in [-0.3, -0.25) is 9.89 Å². The second-order valence-corrected chi connectivity index (χ2v) is 4.09. The van der Waals surface area contributed by atoms with E-state index in [2.05, 4.69) is 10.2 Å². The van der Waals surface area contributed by atoms with Crippen LogP contribution in [-0.2, 0) is 4.79 Å². The van der Waals surface area contributed by atoms with Crippen molar-refractivity contribution >= 4 is 22.8 Å². The monoisotopic (exact) mass is 261 g/mol. The van der Waals surface area contributed by atoms with Gasteiger partial charge in [-0.05, 0) is 50.1 Å². The van der Waals surface area contributed by atoms with E-state index in [9.17, 15) is 4.79 Å². The number of allylic oxidation sites excluding steroid dienone is 1. The maximum Gasteiger partial charge on any atom is 0.155 e. The largest absolute Gasteiger partial charge is 0.379 e. The lowest BCUT2D eigenvalue weighted by Gasteiger charge is -1.97. The fourth-order valence-corrected chi connectivity index (χ4v) is 1.60. The first-order valence-electron chi connectivity index (χ1n) is 5.60. The molecule has 0 aliphatic rings. The number of benzene rings is 1. The van der Waals surface area contributed by atoms with Crippen LogP contribution in [0.1, 0.15) is 25.1 Å². The van der Waals surface area contributed by atoms with E-state index in [0.717, 1.165) is 27.7 Å². The summed E-state index contributed by atoms with van der Waals surface area (Å²) in [4.78, 5) is 19.3. The summed E-state index contributed by atoms with van der Waals surface area (Å²) in [5, 5.41) is 16.1. The molecule has 0 saturated carbocycles. The fourth-order valence-electron chi connectivity index (χ4n) is 1.60. The summed E-state index contributed by atoms with van der Waals surface area (Å²) in [5.41, 5.74) is 3.80. The highest BCUT2D eigenvalue weighted by Crippen LogP contribution is 2.18. The second kappa shape index (κ2) is 6.44. The molecule has 6 heteroatoms. The predicted octanol–water partition coefficient (Wildman–Crippen LogP) is 3.01. The molecule has 0 radical (unpaired) electrons. The molecule has 2 rings (SSSR count). The minimum Gasteiger partial charge on any atom is -0.379 e. The Balaban J connectivity index is 0.000000550. The van der Waals surface area contributed by atoms with E-state index in [1.54, 1.807) is 6.92 Å². The van der Waals surface area contributed by atoms with Crippen LogP contribution >= 0.6 is 0 Å². The molecule has 0 unspecified atom stereocenters. The molecular formula is C13H15N3O3. The summed E-state index contributed by atoms with van der Waals surface area (Å²) in [5.74, 6) is 0.101. The maximum absolute atomic E-state index is 11.1. The highest BCUT2D eigenvalue weighted by molar-refractivity contribution is 5.97. The summed E-state index contributed by atoms with van der Waals surface area (Å²) in [6.07, 6.45) is 1.90. The number of fused-ring (bicyclic) bond motifs is 1. The number of hydrogen-bond donors (Lipinski definition) is 2. The Bertz CT molecular complexity index is 629. The second-order valence-electron chi connectivity index (χ2n) is 4.09. The number of ketones is 1. The van der Waals surface area contributed by atoms with Crippen LogP contribution < -0.4 is 0 Å². The van der Waals surface area contributed by atoms with Crippen molar-refractivity contribution in [1.29, 1.82) is 0 Å². The molecular weight excluding hydrogens is 246 g/mol. The summed E-state index contributed by atoms with van der Waals surface area (Å²) in [6.45, 7) is 5.39. The van der Waals surface area contributed by atoms with Gasteiger partial charge in [0.05, 0.1) is 5.52 Å². The summed E-state index contributed by atoms with van der Waals surface area (Å²) >= 11 is 0. The zero-order chi connectivity index (χ0) is 14.4. The molecule has 19 heavy (non-hydrogen) atoms. The zero-order valence-corrected chi connectivity index (χ0v) is 11.0. The Morgan fingerprint density at radius 3 is 2.63 bits per heavy atom. The number of aromatic nitrogens is 2. The third-order valence-corrected chi connectivity index (χ3v) is 2.71. The van der Waals surface area contributed by atoms with Crippen molar-refractivity contribution in [3.63, 3.8) is 0 Å². The van der Waals surface area contributed by atoms with E-state index in [1.807, 2.05) is 38.1 Å². The number of carbonyl (C=O) groups excluding carboxylic acids is 1. The lowest BCUT2D eigenvalue weighted by molar-refractivity contribution is -0.113. The van der Waals surface area contributed by atoms with Gasteiger partial charge in [0, 0.05) is 11.1 Å². The lowest BCUT2D eigenvalue weighted by Crippen LogP contribution is -1.90. The third kappa shape index (κ3) is 3.74. The van der Waals surface area contributed by atoms with Gasteiger partial charge in [-0.15, -0.1) is 4.91 Å². The van der Waals surface area contributed by atoms with Crippen LogP contribution in [0.5, 0.6) is 0 Å². The van der Waals surface area contributed by atoms with E-state index in [4.69, 9.17) is 10.1 Å². The van der Waals surface area contributed by atoms with E-state index in [1.165, 1.54) is 5.34 Å². The Morgan fingerprint density at radius 1 is 1.42 bits per heavy atom. The van der Waals surface area contributed by atoms with Crippen LogP contribution in [0.25, 0.3) is 17.0 Å². The first kappa shape index (κ1) is 14.6. The summed E-state index contributed by atoms with van der Waals surface area (Å²) < 4.78 is 0. The van der Waals surface area contributed by atoms with Gasteiger partial charge in [-0.25, -0.2) is 0 Å². The van der Waals surface area contributed by atoms with E-state index in [0.29, 0.717) is 0 Å². The summed E-state index contributed by atoms with van der Waals surface area (Å²) in [7, 11) is 0. The van der Waals surface area contributed by atoms with Crippen LogP contribution in [0.15, 0.2) is 29.1 Å². The molecule has 1 aromatic heterocycles. The van der Waals surface area contributed by atoms with Gasteiger partial charge < -0.3 is 5.21 Å². The van der Waals surface area contributed by atoms with E-state index < -0.39 is 0 Å². The number of nitrogens with zero attached hydrogens (tertiary/aromatic N) is 2. The maximum atomic E-state index is 11.1. The Morgan fingerprint density at radius 2 is 2.05 bits per heavy atom. The van der Waals surface area contributed by atoms with Gasteiger partial charge in [-0.1, -0.05) is 6.07 Å². The summed E-state index contributed by atoms with van der Waals surface area (Å²) in [6, 6.07) is 5.97. The average Bonchev–Trinajstić information content (AvgIpc) is 2.72. The molecule has 0 fully saturated rings. The molecule has 2 aromatic rings. The van der Waals surface area contributed by atoms with Crippen LogP contribution in [-0.4, -0.2) is 21.2 Å². The van der Waals surface area contributed by atoms with Crippen molar-refractivity contribution in [3.8, 4) is 0 Å². The molecule has 0 amide bonds. The van der Waals surface area contributed by atoms with Crippen molar-refractivity contribution in [1.82, 2.24) is 10.2 Å². The number of H-pyrrole nitrogens is 1. The van der Waals surface area contributed by atoms with Crippen molar-refractivity contribution in [2.75, 3.05) is 0 Å². The molecule has 1 aromatic carbocycles. The van der Waals surface area contributed by atoms with Crippen LogP contribution in [0.4, 0.5) is 0 Å². The van der Waals surface area contributed by atoms with Crippen LogP contribution in [0.3, 0.4) is 0 Å². The van der Waals surface area contributed by atoms with E-state index in [-0.39, 0.29) is 5.78 Å². The van der Waals surface area contributed by atoms with Gasteiger partial charge in [0.25, 0.3) is 0 Å². The quantitative estimate of drug-likeness (QED) is 0.493. The first-order chi connectivity index (χ1) is 8.99. The Hall–Kier alpha value is -2.50. The zero-order valence-electron chi connectivity index (χ0n) is 11.0. The number of carbonyl (C=O) groups is 1. The number of rotatable bonds is 2. The van der Waals surface area contributed by atoms with Crippen molar-refractivity contribution in [2.24, 2.45) is 5.34 Å². The Kier molecular flexibility index (Phi) is 4.93. The van der Waals surface area contributed by atoms with Gasteiger partial charge in [0.2, 0.25) is 0 Å². The predicted molar refractivity (Wildman–Crippen MR) is 72.7 cm³/mol. The molecule has 0 spiro atoms. The SMILES string of the molecule is CC(=O)/C(C)=C/c1ccc2n[nH]c(C)c2c1.O=NO. The minimum absolute atomic E-state index is 0.101. The lowest BCUT2D eigenvalue weighted by atomic mass is 10.1. The molecule has 0 bridgehead atoms. The number of hydrogen-bond acceptors (Lipinski definition) is 4. The van der Waals surface area contributed by atoms with E-state index >= 15 is 0 Å². The van der Waals surface area contributed by atoms with Crippen LogP contribution in [0.2, 0.25) is 0 Å². The highest BCUT2D eigenvalue weighted by atomic mass is 16.6. The molecule has 0 aliphatic carbocycles. The van der Waals surface area contributed by atoms with Gasteiger partial charge in [0.15, 0.2) is 11.1 Å². The van der Waals surface area contributed by atoms with Crippen molar-refractivity contribution < 1.29 is 10.0 Å². The third-order valence-electron chi connectivity index (χ3n) is 2.71. The van der Waals surface area contributed by atoms with Gasteiger partial charge in [0.1, 0.15) is 0 Å². The molecule has 1 heterocycles. The molecule has 6 nitrogen and oxygen atoms in total. The van der Waals surface area contributed by atoms with Crippen molar-refractivity contribution in [2.45, 2.75) is 20.8 Å². The molecule has 2 N–H and O–H groups in total. The fraction of sp³-hybridized carbons (Fsp3) is 0.231. The normalized spacial score (nSPS) is 10.8. The topological polar surface area (TPSA) is 95.4 Å². The highest BCUT2D eigenvalue weighted by Gasteiger charge is 2.02. The van der Waals surface area contributed by atoms with Gasteiger partial charge >= 0.3 is 0 Å². The molecule has 0 aliphatic heterocycles. The van der Waals surface area contributed by atoms with Gasteiger partial charge in [-0.2, -0.15) is 5.10 Å². The standard InChI is InChI=1S/C13H14N2O.HNO2/c1-8(10(3)16)6-11-4-5-13-12(7-11)9(2)14-15-13;2-1-3/h4-7H,1-3H3,(H,14,15);(H,2,3)/b8-6+;. The number of Topliss-reactive ketones (excluding diaryl/α,β-unsaturated/α-hetero) is 1. The first-order valence-corrected chi connectivity index (χ1v) is 5.60. The van der Waals surface area contributed by atoms with Crippen LogP contribution in [0, 0.1) is 11.8 Å².